The molecule has 2 saturated heterocycles. The second-order valence-corrected chi connectivity index (χ2v) is 6.96. The molecule has 3 rings (SSSR count). The van der Waals surface area contributed by atoms with Crippen LogP contribution in [0.5, 0.6) is 5.75 Å². The first-order valence-electron chi connectivity index (χ1n) is 8.77. The molecule has 1 atom stereocenters. The Balaban J connectivity index is 1.66. The quantitative estimate of drug-likeness (QED) is 0.814. The minimum Gasteiger partial charge on any atom is -0.497 e. The van der Waals surface area contributed by atoms with Crippen LogP contribution in [0.2, 0.25) is 0 Å². The summed E-state index contributed by atoms with van der Waals surface area (Å²) >= 11 is 0. The number of methoxy groups -OCH3 is 2. The van der Waals surface area contributed by atoms with Gasteiger partial charge in [-0.05, 0) is 37.0 Å². The number of rotatable bonds is 5. The number of ether oxygens (including phenoxy) is 2. The normalized spacial score (nSPS) is 23.4. The lowest BCUT2D eigenvalue weighted by molar-refractivity contribution is -0.145. The molecule has 2 amide bonds. The molecular weight excluding hydrogens is 320 g/mol. The van der Waals surface area contributed by atoms with Crippen molar-refractivity contribution in [3.05, 3.63) is 29.8 Å². The number of carbonyl (C=O) groups excluding carboxylic acids is 2. The van der Waals surface area contributed by atoms with Gasteiger partial charge in [0.15, 0.2) is 0 Å². The molecule has 0 aliphatic carbocycles. The SMILES string of the molecule is COCC(=O)N1CCCC2(CCN(Cc3ccc(OC)cc3)C2=O)C1. The van der Waals surface area contributed by atoms with Crippen molar-refractivity contribution >= 4 is 11.8 Å². The third-order valence-electron chi connectivity index (χ3n) is 5.33. The molecule has 2 aliphatic heterocycles. The van der Waals surface area contributed by atoms with Crippen molar-refractivity contribution < 1.29 is 19.1 Å². The molecule has 2 heterocycles. The van der Waals surface area contributed by atoms with E-state index in [-0.39, 0.29) is 18.4 Å². The van der Waals surface area contributed by atoms with Crippen molar-refractivity contribution in [1.82, 2.24) is 9.80 Å². The van der Waals surface area contributed by atoms with Gasteiger partial charge in [0.1, 0.15) is 12.4 Å². The highest BCUT2D eigenvalue weighted by molar-refractivity contribution is 5.86. The fraction of sp³-hybridized carbons (Fsp3) is 0.579. The van der Waals surface area contributed by atoms with Crippen molar-refractivity contribution in [2.24, 2.45) is 5.41 Å². The van der Waals surface area contributed by atoms with E-state index < -0.39 is 5.41 Å². The third-order valence-corrected chi connectivity index (χ3v) is 5.33. The molecule has 25 heavy (non-hydrogen) atoms. The zero-order valence-corrected chi connectivity index (χ0v) is 15.0. The Morgan fingerprint density at radius 1 is 1.16 bits per heavy atom. The fourth-order valence-electron chi connectivity index (χ4n) is 3.93. The molecule has 6 heteroatoms. The smallest absolute Gasteiger partial charge is 0.248 e. The maximum Gasteiger partial charge on any atom is 0.248 e. The molecule has 1 aromatic carbocycles. The van der Waals surface area contributed by atoms with Crippen molar-refractivity contribution in [1.29, 1.82) is 0 Å². The van der Waals surface area contributed by atoms with Crippen LogP contribution in [-0.2, 0) is 20.9 Å². The number of hydrogen-bond donors (Lipinski definition) is 0. The molecule has 1 spiro atoms. The van der Waals surface area contributed by atoms with E-state index in [2.05, 4.69) is 0 Å². The Kier molecular flexibility index (Phi) is 5.27. The minimum atomic E-state index is -0.409. The van der Waals surface area contributed by atoms with Crippen molar-refractivity contribution in [3.63, 3.8) is 0 Å². The van der Waals surface area contributed by atoms with Gasteiger partial charge in [0, 0.05) is 33.3 Å². The van der Waals surface area contributed by atoms with Gasteiger partial charge in [0.2, 0.25) is 11.8 Å². The maximum atomic E-state index is 13.1. The van der Waals surface area contributed by atoms with Crippen LogP contribution < -0.4 is 4.74 Å². The third kappa shape index (κ3) is 3.63. The van der Waals surface area contributed by atoms with E-state index in [0.29, 0.717) is 13.1 Å². The van der Waals surface area contributed by atoms with Gasteiger partial charge in [-0.1, -0.05) is 12.1 Å². The van der Waals surface area contributed by atoms with Gasteiger partial charge < -0.3 is 19.3 Å². The first-order valence-corrected chi connectivity index (χ1v) is 8.77. The predicted molar refractivity (Wildman–Crippen MR) is 93.2 cm³/mol. The first kappa shape index (κ1) is 17.7. The number of piperidine rings is 1. The van der Waals surface area contributed by atoms with Gasteiger partial charge in [-0.15, -0.1) is 0 Å². The standard InChI is InChI=1S/C19H26N2O4/c1-24-13-17(22)21-10-3-8-19(14-21)9-11-20(18(19)23)12-15-4-6-16(25-2)7-5-15/h4-7H,3,8-14H2,1-2H3. The number of amides is 2. The number of hydrogen-bond acceptors (Lipinski definition) is 4. The molecule has 0 bridgehead atoms. The van der Waals surface area contributed by atoms with Gasteiger partial charge in [0.05, 0.1) is 12.5 Å². The Labute approximate surface area is 148 Å². The average molecular weight is 346 g/mol. The van der Waals surface area contributed by atoms with Crippen LogP contribution in [-0.4, -0.2) is 62.1 Å². The average Bonchev–Trinajstić information content (AvgIpc) is 2.92. The summed E-state index contributed by atoms with van der Waals surface area (Å²) in [6, 6.07) is 7.81. The topological polar surface area (TPSA) is 59.1 Å². The highest BCUT2D eigenvalue weighted by Gasteiger charge is 2.49. The van der Waals surface area contributed by atoms with Crippen LogP contribution in [0.3, 0.4) is 0 Å². The number of benzene rings is 1. The zero-order valence-electron chi connectivity index (χ0n) is 15.0. The van der Waals surface area contributed by atoms with E-state index in [1.807, 2.05) is 29.2 Å². The largest absolute Gasteiger partial charge is 0.497 e. The molecular formula is C19H26N2O4. The lowest BCUT2D eigenvalue weighted by Crippen LogP contribution is -2.50. The van der Waals surface area contributed by atoms with Gasteiger partial charge in [-0.25, -0.2) is 0 Å². The molecule has 0 aromatic heterocycles. The van der Waals surface area contributed by atoms with E-state index in [9.17, 15) is 9.59 Å². The molecule has 1 aromatic rings. The Bertz CT molecular complexity index is 631. The summed E-state index contributed by atoms with van der Waals surface area (Å²) in [6.45, 7) is 2.68. The number of likely N-dealkylation sites (tertiary alicyclic amines) is 2. The van der Waals surface area contributed by atoms with Crippen LogP contribution in [0, 0.1) is 5.41 Å². The summed E-state index contributed by atoms with van der Waals surface area (Å²) in [5.41, 5.74) is 0.683. The van der Waals surface area contributed by atoms with Gasteiger partial charge >= 0.3 is 0 Å². The molecule has 0 N–H and O–H groups in total. The van der Waals surface area contributed by atoms with Crippen molar-refractivity contribution in [2.75, 3.05) is 40.5 Å². The van der Waals surface area contributed by atoms with Crippen LogP contribution in [0.25, 0.3) is 0 Å². The lowest BCUT2D eigenvalue weighted by Gasteiger charge is -2.39. The summed E-state index contributed by atoms with van der Waals surface area (Å²) in [5.74, 6) is 0.966. The molecule has 2 aliphatic rings. The van der Waals surface area contributed by atoms with Crippen LogP contribution in [0.1, 0.15) is 24.8 Å². The second-order valence-electron chi connectivity index (χ2n) is 6.96. The molecule has 1 unspecified atom stereocenters. The minimum absolute atomic E-state index is 0.0250. The number of nitrogens with zero attached hydrogens (tertiary/aromatic N) is 2. The first-order chi connectivity index (χ1) is 12.1. The lowest BCUT2D eigenvalue weighted by atomic mass is 9.78. The second kappa shape index (κ2) is 7.44. The Morgan fingerprint density at radius 2 is 1.92 bits per heavy atom. The summed E-state index contributed by atoms with van der Waals surface area (Å²) in [5, 5.41) is 0. The highest BCUT2D eigenvalue weighted by Crippen LogP contribution is 2.40. The van der Waals surface area contributed by atoms with Crippen LogP contribution in [0.15, 0.2) is 24.3 Å². The highest BCUT2D eigenvalue weighted by atomic mass is 16.5. The van der Waals surface area contributed by atoms with E-state index in [4.69, 9.17) is 9.47 Å². The molecule has 0 saturated carbocycles. The Hall–Kier alpha value is -2.08. The molecule has 6 nitrogen and oxygen atoms in total. The predicted octanol–water partition coefficient (Wildman–Crippen LogP) is 1.68. The van der Waals surface area contributed by atoms with Gasteiger partial charge in [-0.3, -0.25) is 9.59 Å². The summed E-state index contributed by atoms with van der Waals surface area (Å²) < 4.78 is 10.1. The van der Waals surface area contributed by atoms with Crippen molar-refractivity contribution in [2.45, 2.75) is 25.8 Å². The van der Waals surface area contributed by atoms with E-state index in [0.717, 1.165) is 43.7 Å². The van der Waals surface area contributed by atoms with E-state index in [1.165, 1.54) is 7.11 Å². The van der Waals surface area contributed by atoms with Crippen LogP contribution >= 0.6 is 0 Å². The fourth-order valence-corrected chi connectivity index (χ4v) is 3.93. The van der Waals surface area contributed by atoms with E-state index in [1.54, 1.807) is 12.0 Å². The summed E-state index contributed by atoms with van der Waals surface area (Å²) in [7, 11) is 3.16. The zero-order chi connectivity index (χ0) is 17.9. The molecule has 0 radical (unpaired) electrons. The monoisotopic (exact) mass is 346 g/mol. The number of carbonyl (C=O) groups is 2. The summed E-state index contributed by atoms with van der Waals surface area (Å²) in [6.07, 6.45) is 2.55. The van der Waals surface area contributed by atoms with Gasteiger partial charge in [-0.2, -0.15) is 0 Å². The van der Waals surface area contributed by atoms with Crippen molar-refractivity contribution in [3.8, 4) is 5.75 Å². The molecule has 136 valence electrons. The maximum absolute atomic E-state index is 13.1. The van der Waals surface area contributed by atoms with Gasteiger partial charge in [0.25, 0.3) is 0 Å². The van der Waals surface area contributed by atoms with E-state index >= 15 is 0 Å². The summed E-state index contributed by atoms with van der Waals surface area (Å²) in [4.78, 5) is 28.9. The Morgan fingerprint density at radius 3 is 2.60 bits per heavy atom. The molecule has 2 fully saturated rings. The van der Waals surface area contributed by atoms with Crippen LogP contribution in [0.4, 0.5) is 0 Å².